The molecular formula is C14H19F2NO2. The van der Waals surface area contributed by atoms with E-state index in [-0.39, 0.29) is 5.75 Å². The maximum Gasteiger partial charge on any atom is 0.387 e. The summed E-state index contributed by atoms with van der Waals surface area (Å²) in [6, 6.07) is 6.76. The van der Waals surface area contributed by atoms with Crippen molar-refractivity contribution in [3.63, 3.8) is 0 Å². The number of piperidine rings is 1. The Morgan fingerprint density at radius 2 is 1.95 bits per heavy atom. The molecule has 0 aromatic heterocycles. The van der Waals surface area contributed by atoms with Gasteiger partial charge in [0.2, 0.25) is 0 Å². The van der Waals surface area contributed by atoms with Gasteiger partial charge in [-0.05, 0) is 37.9 Å². The number of ether oxygens (including phenoxy) is 2. The van der Waals surface area contributed by atoms with E-state index in [0.29, 0.717) is 24.7 Å². The number of alkyl halides is 2. The molecule has 1 fully saturated rings. The van der Waals surface area contributed by atoms with Gasteiger partial charge in [-0.3, -0.25) is 0 Å². The summed E-state index contributed by atoms with van der Waals surface area (Å²) < 4.78 is 34.6. The molecule has 0 unspecified atom stereocenters. The van der Waals surface area contributed by atoms with Crippen LogP contribution in [-0.2, 0) is 11.3 Å². The first kappa shape index (κ1) is 14.2. The van der Waals surface area contributed by atoms with E-state index >= 15 is 0 Å². The third-order valence-electron chi connectivity index (χ3n) is 3.26. The fourth-order valence-corrected chi connectivity index (χ4v) is 2.22. The summed E-state index contributed by atoms with van der Waals surface area (Å²) in [6.07, 6.45) is 2.21. The van der Waals surface area contributed by atoms with Crippen molar-refractivity contribution >= 4 is 0 Å². The molecule has 0 bridgehead atoms. The smallest absolute Gasteiger partial charge is 0.387 e. The Labute approximate surface area is 111 Å². The Kier molecular flexibility index (Phi) is 5.54. The van der Waals surface area contributed by atoms with Crippen molar-refractivity contribution in [3.05, 3.63) is 29.8 Å². The topological polar surface area (TPSA) is 30.5 Å². The Morgan fingerprint density at radius 1 is 1.21 bits per heavy atom. The summed E-state index contributed by atoms with van der Waals surface area (Å²) in [5, 5.41) is 3.29. The van der Waals surface area contributed by atoms with Gasteiger partial charge in [0, 0.05) is 12.2 Å². The number of nitrogens with one attached hydrogen (secondary N) is 1. The highest BCUT2D eigenvalue weighted by Gasteiger charge is 2.14. The number of para-hydroxylation sites is 1. The first-order chi connectivity index (χ1) is 9.25. The van der Waals surface area contributed by atoms with Crippen LogP contribution in [0.1, 0.15) is 18.4 Å². The Hall–Kier alpha value is -1.20. The van der Waals surface area contributed by atoms with Crippen molar-refractivity contribution < 1.29 is 18.3 Å². The Bertz CT molecular complexity index is 381. The highest BCUT2D eigenvalue weighted by Crippen LogP contribution is 2.21. The lowest BCUT2D eigenvalue weighted by molar-refractivity contribution is -0.0515. The second-order valence-electron chi connectivity index (χ2n) is 4.69. The van der Waals surface area contributed by atoms with Gasteiger partial charge in [0.15, 0.2) is 0 Å². The monoisotopic (exact) mass is 271 g/mol. The molecule has 0 saturated carbocycles. The molecule has 1 saturated heterocycles. The predicted molar refractivity (Wildman–Crippen MR) is 68.3 cm³/mol. The highest BCUT2D eigenvalue weighted by atomic mass is 19.3. The number of rotatable bonds is 6. The zero-order valence-electron chi connectivity index (χ0n) is 10.8. The standard InChI is InChI=1S/C14H19F2NO2/c15-14(16)19-13-4-2-1-3-12(13)10-18-9-11-5-7-17-8-6-11/h1-4,11,14,17H,5-10H2. The molecule has 1 N–H and O–H groups in total. The molecule has 0 radical (unpaired) electrons. The highest BCUT2D eigenvalue weighted by molar-refractivity contribution is 5.32. The molecule has 5 heteroatoms. The van der Waals surface area contributed by atoms with Crippen LogP contribution in [0.3, 0.4) is 0 Å². The summed E-state index contributed by atoms with van der Waals surface area (Å²) in [4.78, 5) is 0. The van der Waals surface area contributed by atoms with Gasteiger partial charge in [-0.1, -0.05) is 18.2 Å². The van der Waals surface area contributed by atoms with E-state index in [9.17, 15) is 8.78 Å². The van der Waals surface area contributed by atoms with Crippen molar-refractivity contribution in [1.29, 1.82) is 0 Å². The average molecular weight is 271 g/mol. The van der Waals surface area contributed by atoms with Crippen molar-refractivity contribution in [2.75, 3.05) is 19.7 Å². The number of benzene rings is 1. The fraction of sp³-hybridized carbons (Fsp3) is 0.571. The maximum atomic E-state index is 12.2. The molecule has 1 heterocycles. The third-order valence-corrected chi connectivity index (χ3v) is 3.26. The number of halogens is 2. The lowest BCUT2D eigenvalue weighted by atomic mass is 9.99. The van der Waals surface area contributed by atoms with E-state index in [4.69, 9.17) is 4.74 Å². The fourth-order valence-electron chi connectivity index (χ4n) is 2.22. The van der Waals surface area contributed by atoms with E-state index in [1.165, 1.54) is 6.07 Å². The van der Waals surface area contributed by atoms with Crippen LogP contribution < -0.4 is 10.1 Å². The van der Waals surface area contributed by atoms with Crippen LogP contribution in [0, 0.1) is 5.92 Å². The first-order valence-electron chi connectivity index (χ1n) is 6.57. The normalized spacial score (nSPS) is 16.8. The van der Waals surface area contributed by atoms with Crippen molar-refractivity contribution in [3.8, 4) is 5.75 Å². The van der Waals surface area contributed by atoms with Gasteiger partial charge in [0.05, 0.1) is 6.61 Å². The zero-order valence-corrected chi connectivity index (χ0v) is 10.8. The quantitative estimate of drug-likeness (QED) is 0.863. The van der Waals surface area contributed by atoms with Crippen molar-refractivity contribution in [2.45, 2.75) is 26.1 Å². The van der Waals surface area contributed by atoms with E-state index in [2.05, 4.69) is 10.1 Å². The van der Waals surface area contributed by atoms with Crippen LogP contribution >= 0.6 is 0 Å². The molecule has 1 aromatic rings. The molecule has 1 aromatic carbocycles. The van der Waals surface area contributed by atoms with Crippen LogP contribution in [0.2, 0.25) is 0 Å². The van der Waals surface area contributed by atoms with Gasteiger partial charge in [-0.25, -0.2) is 0 Å². The van der Waals surface area contributed by atoms with E-state index in [0.717, 1.165) is 25.9 Å². The summed E-state index contributed by atoms with van der Waals surface area (Å²) in [7, 11) is 0. The molecule has 0 atom stereocenters. The molecule has 2 rings (SSSR count). The minimum Gasteiger partial charge on any atom is -0.434 e. The summed E-state index contributed by atoms with van der Waals surface area (Å²) in [5.41, 5.74) is 0.664. The third kappa shape index (κ3) is 4.76. The van der Waals surface area contributed by atoms with Crippen LogP contribution in [-0.4, -0.2) is 26.3 Å². The molecule has 3 nitrogen and oxygen atoms in total. The van der Waals surface area contributed by atoms with Crippen LogP contribution in [0.5, 0.6) is 5.75 Å². The average Bonchev–Trinajstić information content (AvgIpc) is 2.41. The Morgan fingerprint density at radius 3 is 2.68 bits per heavy atom. The molecule has 19 heavy (non-hydrogen) atoms. The van der Waals surface area contributed by atoms with Gasteiger partial charge in [0.1, 0.15) is 5.75 Å². The van der Waals surface area contributed by atoms with Crippen LogP contribution in [0.25, 0.3) is 0 Å². The number of hydrogen-bond donors (Lipinski definition) is 1. The van der Waals surface area contributed by atoms with E-state index in [1.807, 2.05) is 0 Å². The molecule has 1 aliphatic heterocycles. The molecular weight excluding hydrogens is 252 g/mol. The molecule has 106 valence electrons. The lowest BCUT2D eigenvalue weighted by Crippen LogP contribution is -2.29. The van der Waals surface area contributed by atoms with Crippen LogP contribution in [0.15, 0.2) is 24.3 Å². The van der Waals surface area contributed by atoms with Crippen molar-refractivity contribution in [2.24, 2.45) is 5.92 Å². The zero-order chi connectivity index (χ0) is 13.5. The molecule has 0 aliphatic carbocycles. The van der Waals surface area contributed by atoms with E-state index < -0.39 is 6.61 Å². The Balaban J connectivity index is 1.81. The van der Waals surface area contributed by atoms with Gasteiger partial charge in [0.25, 0.3) is 0 Å². The number of hydrogen-bond acceptors (Lipinski definition) is 3. The second-order valence-corrected chi connectivity index (χ2v) is 4.69. The molecule has 0 amide bonds. The van der Waals surface area contributed by atoms with Gasteiger partial charge in [-0.15, -0.1) is 0 Å². The minimum atomic E-state index is -2.80. The minimum absolute atomic E-state index is 0.197. The van der Waals surface area contributed by atoms with Gasteiger partial charge in [-0.2, -0.15) is 8.78 Å². The maximum absolute atomic E-state index is 12.2. The SMILES string of the molecule is FC(F)Oc1ccccc1COCC1CCNCC1. The van der Waals surface area contributed by atoms with Gasteiger partial charge >= 0.3 is 6.61 Å². The van der Waals surface area contributed by atoms with Crippen molar-refractivity contribution in [1.82, 2.24) is 5.32 Å². The van der Waals surface area contributed by atoms with Crippen LogP contribution in [0.4, 0.5) is 8.78 Å². The molecule has 0 spiro atoms. The summed E-state index contributed by atoms with van der Waals surface area (Å²) in [5.74, 6) is 0.757. The second kappa shape index (κ2) is 7.40. The molecule has 1 aliphatic rings. The first-order valence-corrected chi connectivity index (χ1v) is 6.57. The lowest BCUT2D eigenvalue weighted by Gasteiger charge is -2.22. The summed E-state index contributed by atoms with van der Waals surface area (Å²) in [6.45, 7) is 0.237. The largest absolute Gasteiger partial charge is 0.434 e. The summed E-state index contributed by atoms with van der Waals surface area (Å²) >= 11 is 0. The van der Waals surface area contributed by atoms with Gasteiger partial charge < -0.3 is 14.8 Å². The van der Waals surface area contributed by atoms with E-state index in [1.54, 1.807) is 18.2 Å². The predicted octanol–water partition coefficient (Wildman–Crippen LogP) is 2.80.